The number of hydrogen-bond donors (Lipinski definition) is 2. The summed E-state index contributed by atoms with van der Waals surface area (Å²) in [5.74, 6) is 0.383. The monoisotopic (exact) mass is 580 g/mol. The summed E-state index contributed by atoms with van der Waals surface area (Å²) in [6.07, 6.45) is 0.979. The zero-order valence-electron chi connectivity index (χ0n) is 23.2. The van der Waals surface area contributed by atoms with Crippen LogP contribution in [0.15, 0.2) is 83.7 Å². The number of amides is 2. The van der Waals surface area contributed by atoms with Gasteiger partial charge in [-0.1, -0.05) is 6.07 Å². The van der Waals surface area contributed by atoms with Gasteiger partial charge in [-0.25, -0.2) is 4.39 Å². The van der Waals surface area contributed by atoms with Gasteiger partial charge < -0.3 is 29.6 Å². The van der Waals surface area contributed by atoms with Crippen LogP contribution in [0.1, 0.15) is 38.7 Å². The van der Waals surface area contributed by atoms with Crippen LogP contribution in [-0.2, 0) is 6.54 Å². The summed E-state index contributed by atoms with van der Waals surface area (Å²) in [4.78, 5) is 41.3. The Kier molecular flexibility index (Phi) is 6.81. The molecule has 7 rings (SSSR count). The van der Waals surface area contributed by atoms with Gasteiger partial charge in [0.15, 0.2) is 11.5 Å². The van der Waals surface area contributed by atoms with Crippen LogP contribution in [0.25, 0.3) is 0 Å². The van der Waals surface area contributed by atoms with Crippen molar-refractivity contribution in [1.82, 2.24) is 4.57 Å². The first-order valence-electron chi connectivity index (χ1n) is 14.3. The minimum atomic E-state index is -0.436. The van der Waals surface area contributed by atoms with Gasteiger partial charge in [-0.15, -0.1) is 0 Å². The molecule has 4 aromatic rings. The lowest BCUT2D eigenvalue weighted by Gasteiger charge is -2.44. The van der Waals surface area contributed by atoms with Crippen molar-refractivity contribution < 1.29 is 23.5 Å². The highest BCUT2D eigenvalue weighted by molar-refractivity contribution is 6.09. The van der Waals surface area contributed by atoms with Crippen LogP contribution in [0.3, 0.4) is 0 Å². The van der Waals surface area contributed by atoms with Crippen molar-refractivity contribution in [3.8, 4) is 11.5 Å². The summed E-state index contributed by atoms with van der Waals surface area (Å²) in [6.45, 7) is 2.89. The number of anilines is 3. The maximum Gasteiger partial charge on any atom is 0.255 e. The average molecular weight is 581 g/mol. The molecule has 1 aromatic heterocycles. The van der Waals surface area contributed by atoms with Gasteiger partial charge in [0.2, 0.25) is 0 Å². The first kappa shape index (κ1) is 26.8. The molecule has 0 aliphatic carbocycles. The summed E-state index contributed by atoms with van der Waals surface area (Å²) in [5, 5.41) is 5.86. The van der Waals surface area contributed by atoms with Gasteiger partial charge in [0.05, 0.1) is 11.4 Å². The van der Waals surface area contributed by atoms with E-state index in [4.69, 9.17) is 9.47 Å². The van der Waals surface area contributed by atoms with Crippen molar-refractivity contribution >= 4 is 28.9 Å². The highest BCUT2D eigenvalue weighted by Crippen LogP contribution is 2.40. The third-order valence-corrected chi connectivity index (χ3v) is 8.23. The predicted octanol–water partition coefficient (Wildman–Crippen LogP) is 4.89. The number of nitrogens with one attached hydrogen (secondary N) is 2. The van der Waals surface area contributed by atoms with E-state index in [0.717, 1.165) is 17.8 Å². The maximum atomic E-state index is 13.5. The molecule has 3 aliphatic heterocycles. The van der Waals surface area contributed by atoms with Crippen LogP contribution < -0.4 is 30.6 Å². The lowest BCUT2D eigenvalue weighted by Crippen LogP contribution is -2.47. The summed E-state index contributed by atoms with van der Waals surface area (Å²) in [7, 11) is 0. The van der Waals surface area contributed by atoms with Crippen molar-refractivity contribution in [1.29, 1.82) is 0 Å². The second-order valence-corrected chi connectivity index (χ2v) is 11.1. The number of piperidine rings is 1. The molecule has 43 heavy (non-hydrogen) atoms. The third kappa shape index (κ3) is 5.31. The van der Waals surface area contributed by atoms with Crippen molar-refractivity contribution in [2.45, 2.75) is 18.9 Å². The van der Waals surface area contributed by atoms with Crippen LogP contribution >= 0.6 is 0 Å². The summed E-state index contributed by atoms with van der Waals surface area (Å²) >= 11 is 0. The molecule has 0 spiro atoms. The molecule has 3 aromatic carbocycles. The van der Waals surface area contributed by atoms with Crippen LogP contribution in [0.4, 0.5) is 21.5 Å². The molecule has 2 bridgehead atoms. The normalized spacial score (nSPS) is 18.4. The number of hydrogen-bond acceptors (Lipinski definition) is 6. The molecule has 1 saturated heterocycles. The quantitative estimate of drug-likeness (QED) is 0.349. The number of carbonyl (C=O) groups is 2. The number of rotatable bonds is 5. The Hall–Kier alpha value is -5.12. The van der Waals surface area contributed by atoms with Gasteiger partial charge in [-0.05, 0) is 73.0 Å². The van der Waals surface area contributed by atoms with E-state index in [-0.39, 0.29) is 23.3 Å². The molecule has 9 nitrogen and oxygen atoms in total. The van der Waals surface area contributed by atoms with E-state index < -0.39 is 11.7 Å². The number of fused-ring (bicyclic) bond motifs is 5. The molecule has 218 valence electrons. The first-order valence-corrected chi connectivity index (χ1v) is 14.3. The van der Waals surface area contributed by atoms with Crippen molar-refractivity contribution in [3.05, 3.63) is 112 Å². The molecule has 0 saturated carbocycles. The lowest BCUT2D eigenvalue weighted by atomic mass is 9.83. The van der Waals surface area contributed by atoms with Gasteiger partial charge in [0.25, 0.3) is 17.4 Å². The first-order chi connectivity index (χ1) is 20.9. The minimum absolute atomic E-state index is 0.0151. The predicted molar refractivity (Wildman–Crippen MR) is 160 cm³/mol. The molecular formula is C33H29FN4O5. The van der Waals surface area contributed by atoms with Crippen molar-refractivity contribution in [2.24, 2.45) is 5.92 Å². The van der Waals surface area contributed by atoms with Crippen molar-refractivity contribution in [3.63, 3.8) is 0 Å². The second kappa shape index (κ2) is 10.9. The molecule has 0 unspecified atom stereocenters. The molecule has 0 radical (unpaired) electrons. The van der Waals surface area contributed by atoms with Crippen molar-refractivity contribution in [2.75, 3.05) is 41.8 Å². The molecular weight excluding hydrogens is 551 g/mol. The number of aromatic nitrogens is 1. The number of ether oxygens (including phenoxy) is 2. The van der Waals surface area contributed by atoms with Crippen LogP contribution in [0.5, 0.6) is 11.5 Å². The maximum absolute atomic E-state index is 13.5. The van der Waals surface area contributed by atoms with E-state index in [1.807, 2.05) is 16.7 Å². The summed E-state index contributed by atoms with van der Waals surface area (Å²) < 4.78 is 26.6. The van der Waals surface area contributed by atoms with Crippen LogP contribution in [-0.4, -0.2) is 42.7 Å². The highest BCUT2D eigenvalue weighted by Gasteiger charge is 2.35. The Bertz CT molecular complexity index is 1790. The number of halogens is 1. The Labute approximate surface area is 246 Å². The van der Waals surface area contributed by atoms with E-state index >= 15 is 0 Å². The van der Waals surface area contributed by atoms with Gasteiger partial charge in [-0.3, -0.25) is 14.4 Å². The standard InChI is InChI=1S/C33H29FN4O5/c34-24-7-4-21(5-8-24)32(40)36-26-15-22(33(41)35-25-9-11-29-30(16-25)43-13-12-42-29)6-10-28(26)37-17-20-14-23(19-37)27-2-1-3-31(39)38(27)18-20/h1-11,15-16,20,23H,12-14,17-19H2,(H,35,41)(H,36,40)/t20-,23+/m1/s1. The molecule has 4 heterocycles. The fourth-order valence-corrected chi connectivity index (χ4v) is 6.27. The zero-order chi connectivity index (χ0) is 29.5. The van der Waals surface area contributed by atoms with E-state index in [1.54, 1.807) is 42.5 Å². The van der Waals surface area contributed by atoms with Crippen LogP contribution in [0.2, 0.25) is 0 Å². The average Bonchev–Trinajstić information content (AvgIpc) is 3.01. The molecule has 10 heteroatoms. The second-order valence-electron chi connectivity index (χ2n) is 11.1. The smallest absolute Gasteiger partial charge is 0.255 e. The fraction of sp³-hybridized carbons (Fsp3) is 0.242. The van der Waals surface area contributed by atoms with Crippen LogP contribution in [0, 0.1) is 11.7 Å². The molecule has 2 amide bonds. The highest BCUT2D eigenvalue weighted by atomic mass is 19.1. The Balaban J connectivity index is 1.19. The van der Waals surface area contributed by atoms with E-state index in [1.165, 1.54) is 24.3 Å². The largest absolute Gasteiger partial charge is 0.486 e. The molecule has 1 fully saturated rings. The number of carbonyl (C=O) groups excluding carboxylic acids is 2. The minimum Gasteiger partial charge on any atom is -0.486 e. The van der Waals surface area contributed by atoms with E-state index in [9.17, 15) is 18.8 Å². The SMILES string of the molecule is O=C(Nc1ccc2c(c1)OCCO2)c1ccc(N2C[C@H]3C[C@@H](C2)c2cccc(=O)n2C3)c(NC(=O)c2ccc(F)cc2)c1. The summed E-state index contributed by atoms with van der Waals surface area (Å²) in [6, 6.07) is 21.2. The van der Waals surface area contributed by atoms with E-state index in [2.05, 4.69) is 15.5 Å². The van der Waals surface area contributed by atoms with Gasteiger partial charge in [-0.2, -0.15) is 0 Å². The van der Waals surface area contributed by atoms with E-state index in [0.29, 0.717) is 66.8 Å². The van der Waals surface area contributed by atoms with Gasteiger partial charge in [0.1, 0.15) is 19.0 Å². The number of pyridine rings is 1. The number of nitrogens with zero attached hydrogens (tertiary/aromatic N) is 2. The molecule has 2 N–H and O–H groups in total. The summed E-state index contributed by atoms with van der Waals surface area (Å²) in [5.41, 5.74) is 3.46. The Morgan fingerprint density at radius 3 is 2.40 bits per heavy atom. The topological polar surface area (TPSA) is 102 Å². The lowest BCUT2D eigenvalue weighted by molar-refractivity contribution is 0.101. The number of benzene rings is 3. The Morgan fingerprint density at radius 1 is 0.791 bits per heavy atom. The third-order valence-electron chi connectivity index (χ3n) is 8.23. The van der Waals surface area contributed by atoms with Gasteiger partial charge >= 0.3 is 0 Å². The molecule has 2 atom stereocenters. The zero-order valence-corrected chi connectivity index (χ0v) is 23.2. The van der Waals surface area contributed by atoms with Gasteiger partial charge in [0, 0.05) is 60.2 Å². The fourth-order valence-electron chi connectivity index (χ4n) is 6.27. The Morgan fingerprint density at radius 2 is 1.56 bits per heavy atom. The molecule has 3 aliphatic rings.